The van der Waals surface area contributed by atoms with Crippen LogP contribution in [-0.2, 0) is 9.53 Å². The van der Waals surface area contributed by atoms with Crippen molar-refractivity contribution < 1.29 is 9.53 Å². The third-order valence-corrected chi connectivity index (χ3v) is 2.56. The summed E-state index contributed by atoms with van der Waals surface area (Å²) in [6, 6.07) is 0. The van der Waals surface area contributed by atoms with Crippen molar-refractivity contribution in [3.8, 4) is 0 Å². The highest BCUT2D eigenvalue weighted by Crippen LogP contribution is 2.18. The van der Waals surface area contributed by atoms with Crippen molar-refractivity contribution in [1.82, 2.24) is 4.90 Å². The van der Waals surface area contributed by atoms with Gasteiger partial charge in [-0.05, 0) is 11.8 Å². The number of rotatable bonds is 5. The number of hydrogen-bond donors (Lipinski definition) is 0. The zero-order valence-corrected chi connectivity index (χ0v) is 12.6. The standard InChI is InChI=1S/C14H29NO2/c1-13(2,3)8-10-17-11-9-15(7)12(16)14(4,5)6/h8-11H2,1-7H3. The lowest BCUT2D eigenvalue weighted by Crippen LogP contribution is -2.38. The molecule has 0 aliphatic rings. The first-order valence-corrected chi connectivity index (χ1v) is 6.37. The molecule has 3 heteroatoms. The van der Waals surface area contributed by atoms with Crippen LogP contribution in [-0.4, -0.2) is 37.6 Å². The fraction of sp³-hybridized carbons (Fsp3) is 0.929. The Morgan fingerprint density at radius 1 is 1.06 bits per heavy atom. The van der Waals surface area contributed by atoms with Crippen LogP contribution in [0.5, 0.6) is 0 Å². The molecule has 0 aliphatic heterocycles. The Kier molecular flexibility index (Phi) is 6.17. The van der Waals surface area contributed by atoms with Gasteiger partial charge in [0, 0.05) is 25.6 Å². The number of carbonyl (C=O) groups is 1. The fourth-order valence-corrected chi connectivity index (χ4v) is 1.36. The van der Waals surface area contributed by atoms with E-state index in [-0.39, 0.29) is 11.3 Å². The summed E-state index contributed by atoms with van der Waals surface area (Å²) in [6.45, 7) is 14.5. The largest absolute Gasteiger partial charge is 0.380 e. The van der Waals surface area contributed by atoms with E-state index in [1.54, 1.807) is 4.90 Å². The molecule has 102 valence electrons. The molecule has 3 nitrogen and oxygen atoms in total. The SMILES string of the molecule is CN(CCOCCC(C)(C)C)C(=O)C(C)(C)C. The van der Waals surface area contributed by atoms with Crippen molar-refractivity contribution in [1.29, 1.82) is 0 Å². The molecule has 0 rings (SSSR count). The van der Waals surface area contributed by atoms with Crippen LogP contribution in [0.25, 0.3) is 0 Å². The van der Waals surface area contributed by atoms with Gasteiger partial charge in [0.2, 0.25) is 5.91 Å². The van der Waals surface area contributed by atoms with Crippen LogP contribution >= 0.6 is 0 Å². The number of ether oxygens (including phenoxy) is 1. The van der Waals surface area contributed by atoms with Crippen LogP contribution < -0.4 is 0 Å². The van der Waals surface area contributed by atoms with Gasteiger partial charge < -0.3 is 9.64 Å². The van der Waals surface area contributed by atoms with Crippen LogP contribution in [0.4, 0.5) is 0 Å². The third kappa shape index (κ3) is 8.19. The second kappa shape index (κ2) is 6.39. The molecule has 0 atom stereocenters. The highest BCUT2D eigenvalue weighted by molar-refractivity contribution is 5.81. The maximum atomic E-state index is 11.9. The van der Waals surface area contributed by atoms with Gasteiger partial charge in [-0.25, -0.2) is 0 Å². The van der Waals surface area contributed by atoms with E-state index in [0.717, 1.165) is 13.0 Å². The quantitative estimate of drug-likeness (QED) is 0.695. The zero-order chi connectivity index (χ0) is 13.7. The lowest BCUT2D eigenvalue weighted by atomic mass is 9.93. The van der Waals surface area contributed by atoms with E-state index in [2.05, 4.69) is 20.8 Å². The molecular weight excluding hydrogens is 214 g/mol. The van der Waals surface area contributed by atoms with Crippen LogP contribution in [0.1, 0.15) is 48.0 Å². The zero-order valence-electron chi connectivity index (χ0n) is 12.6. The first kappa shape index (κ1) is 16.4. The van der Waals surface area contributed by atoms with Crippen molar-refractivity contribution in [3.63, 3.8) is 0 Å². The second-order valence-electron chi connectivity index (χ2n) is 6.90. The molecule has 0 bridgehead atoms. The number of carbonyl (C=O) groups excluding carboxylic acids is 1. The average Bonchev–Trinajstić information content (AvgIpc) is 2.12. The van der Waals surface area contributed by atoms with E-state index in [0.29, 0.717) is 18.6 Å². The molecule has 0 aromatic heterocycles. The highest BCUT2D eigenvalue weighted by atomic mass is 16.5. The van der Waals surface area contributed by atoms with Gasteiger partial charge in [0.05, 0.1) is 6.61 Å². The molecule has 17 heavy (non-hydrogen) atoms. The van der Waals surface area contributed by atoms with Crippen molar-refractivity contribution in [3.05, 3.63) is 0 Å². The van der Waals surface area contributed by atoms with Gasteiger partial charge in [-0.3, -0.25) is 4.79 Å². The summed E-state index contributed by atoms with van der Waals surface area (Å²) in [5.74, 6) is 0.164. The van der Waals surface area contributed by atoms with Crippen LogP contribution in [0, 0.1) is 10.8 Å². The molecule has 0 aromatic carbocycles. The lowest BCUT2D eigenvalue weighted by Gasteiger charge is -2.26. The smallest absolute Gasteiger partial charge is 0.227 e. The van der Waals surface area contributed by atoms with Crippen molar-refractivity contribution in [2.24, 2.45) is 10.8 Å². The molecular formula is C14H29NO2. The molecule has 0 heterocycles. The predicted octanol–water partition coefficient (Wildman–Crippen LogP) is 2.94. The molecule has 0 N–H and O–H groups in total. The van der Waals surface area contributed by atoms with E-state index in [1.165, 1.54) is 0 Å². The molecule has 0 aromatic rings. The number of hydrogen-bond acceptors (Lipinski definition) is 2. The molecule has 1 amide bonds. The van der Waals surface area contributed by atoms with Gasteiger partial charge in [0.15, 0.2) is 0 Å². The topological polar surface area (TPSA) is 29.5 Å². The number of nitrogens with zero attached hydrogens (tertiary/aromatic N) is 1. The summed E-state index contributed by atoms with van der Waals surface area (Å²) in [6.07, 6.45) is 1.05. The lowest BCUT2D eigenvalue weighted by molar-refractivity contribution is -0.138. The van der Waals surface area contributed by atoms with E-state index >= 15 is 0 Å². The first-order valence-electron chi connectivity index (χ1n) is 6.37. The Morgan fingerprint density at radius 2 is 1.59 bits per heavy atom. The van der Waals surface area contributed by atoms with E-state index in [9.17, 15) is 4.79 Å². The van der Waals surface area contributed by atoms with Gasteiger partial charge >= 0.3 is 0 Å². The molecule has 0 spiro atoms. The van der Waals surface area contributed by atoms with Crippen LogP contribution in [0.15, 0.2) is 0 Å². The van der Waals surface area contributed by atoms with Gasteiger partial charge in [-0.15, -0.1) is 0 Å². The summed E-state index contributed by atoms with van der Waals surface area (Å²) >= 11 is 0. The Morgan fingerprint density at radius 3 is 2.00 bits per heavy atom. The predicted molar refractivity (Wildman–Crippen MR) is 72.0 cm³/mol. The molecule has 0 radical (unpaired) electrons. The molecule has 0 saturated heterocycles. The Hall–Kier alpha value is -0.570. The maximum Gasteiger partial charge on any atom is 0.227 e. The number of amides is 1. The van der Waals surface area contributed by atoms with Gasteiger partial charge in [0.1, 0.15) is 0 Å². The summed E-state index contributed by atoms with van der Waals surface area (Å²) in [5.41, 5.74) is 0.00723. The van der Waals surface area contributed by atoms with Crippen molar-refractivity contribution in [2.75, 3.05) is 26.8 Å². The van der Waals surface area contributed by atoms with E-state index < -0.39 is 0 Å². The molecule has 0 saturated carbocycles. The maximum absolute atomic E-state index is 11.9. The van der Waals surface area contributed by atoms with Crippen LogP contribution in [0.3, 0.4) is 0 Å². The van der Waals surface area contributed by atoms with Gasteiger partial charge in [-0.2, -0.15) is 0 Å². The van der Waals surface area contributed by atoms with Gasteiger partial charge in [-0.1, -0.05) is 41.5 Å². The summed E-state index contributed by atoms with van der Waals surface area (Å²) in [4.78, 5) is 13.6. The van der Waals surface area contributed by atoms with Gasteiger partial charge in [0.25, 0.3) is 0 Å². The Bertz CT molecular complexity index is 236. The first-order chi connectivity index (χ1) is 7.54. The Balaban J connectivity index is 3.73. The van der Waals surface area contributed by atoms with Crippen LogP contribution in [0.2, 0.25) is 0 Å². The minimum Gasteiger partial charge on any atom is -0.380 e. The molecule has 0 aliphatic carbocycles. The van der Waals surface area contributed by atoms with E-state index in [1.807, 2.05) is 27.8 Å². The molecule has 0 fully saturated rings. The van der Waals surface area contributed by atoms with E-state index in [4.69, 9.17) is 4.74 Å². The highest BCUT2D eigenvalue weighted by Gasteiger charge is 2.24. The minimum absolute atomic E-state index is 0.164. The Labute approximate surface area is 107 Å². The number of likely N-dealkylation sites (N-methyl/N-ethyl adjacent to an activating group) is 1. The second-order valence-corrected chi connectivity index (χ2v) is 6.90. The van der Waals surface area contributed by atoms with Crippen molar-refractivity contribution >= 4 is 5.91 Å². The third-order valence-electron chi connectivity index (χ3n) is 2.56. The normalized spacial score (nSPS) is 12.6. The van der Waals surface area contributed by atoms with Crippen molar-refractivity contribution in [2.45, 2.75) is 48.0 Å². The summed E-state index contributed by atoms with van der Waals surface area (Å²) in [7, 11) is 1.83. The summed E-state index contributed by atoms with van der Waals surface area (Å²) in [5, 5.41) is 0. The fourth-order valence-electron chi connectivity index (χ4n) is 1.36. The molecule has 0 unspecified atom stereocenters. The average molecular weight is 243 g/mol. The summed E-state index contributed by atoms with van der Waals surface area (Å²) < 4.78 is 5.55. The monoisotopic (exact) mass is 243 g/mol. The minimum atomic E-state index is -0.305.